The Balaban J connectivity index is 2.18. The van der Waals surface area contributed by atoms with Crippen LogP contribution in [0.5, 0.6) is 0 Å². The molecule has 0 radical (unpaired) electrons. The molecule has 5 heteroatoms. The van der Waals surface area contributed by atoms with Crippen molar-refractivity contribution >= 4 is 11.8 Å². The largest absolute Gasteiger partial charge is 0.439 e. The number of oxazole rings is 1. The van der Waals surface area contributed by atoms with Crippen LogP contribution in [0.1, 0.15) is 24.2 Å². The highest BCUT2D eigenvalue weighted by Crippen LogP contribution is 2.26. The Morgan fingerprint density at radius 3 is 2.94 bits per heavy atom. The second kappa shape index (κ2) is 4.67. The molecule has 0 aromatic carbocycles. The summed E-state index contributed by atoms with van der Waals surface area (Å²) in [4.78, 5) is 8.44. The van der Waals surface area contributed by atoms with Crippen LogP contribution in [-0.2, 0) is 0 Å². The number of aromatic nitrogens is 2. The summed E-state index contributed by atoms with van der Waals surface area (Å²) in [5, 5.41) is 1.45. The maximum absolute atomic E-state index is 5.80. The van der Waals surface area contributed by atoms with Crippen LogP contribution >= 0.6 is 11.8 Å². The van der Waals surface area contributed by atoms with E-state index < -0.39 is 0 Å². The Morgan fingerprint density at radius 1 is 1.50 bits per heavy atom. The standard InChI is InChI=1S/C11H13N3OS/c1-7-6-15-11(14-7)16-10-5-9(8(2)12)3-4-13-10/h3-6,8H,12H2,1-2H3. The summed E-state index contributed by atoms with van der Waals surface area (Å²) in [6.45, 7) is 3.83. The summed E-state index contributed by atoms with van der Waals surface area (Å²) in [6.07, 6.45) is 3.37. The van der Waals surface area contributed by atoms with Gasteiger partial charge in [-0.15, -0.1) is 0 Å². The second-order valence-electron chi connectivity index (χ2n) is 3.57. The average Bonchev–Trinajstić information content (AvgIpc) is 2.64. The minimum Gasteiger partial charge on any atom is -0.439 e. The molecule has 0 amide bonds. The summed E-state index contributed by atoms with van der Waals surface area (Å²) >= 11 is 1.40. The molecule has 0 aliphatic rings. The Labute approximate surface area is 98.3 Å². The lowest BCUT2D eigenvalue weighted by atomic mass is 10.1. The van der Waals surface area contributed by atoms with Crippen molar-refractivity contribution in [3.8, 4) is 0 Å². The van der Waals surface area contributed by atoms with Crippen molar-refractivity contribution in [2.24, 2.45) is 5.73 Å². The number of pyridine rings is 1. The van der Waals surface area contributed by atoms with E-state index in [-0.39, 0.29) is 6.04 Å². The molecular weight excluding hydrogens is 222 g/mol. The molecule has 0 saturated carbocycles. The molecule has 1 unspecified atom stereocenters. The van der Waals surface area contributed by atoms with Gasteiger partial charge in [0.05, 0.1) is 5.69 Å². The Hall–Kier alpha value is -1.33. The second-order valence-corrected chi connectivity index (χ2v) is 4.54. The number of nitrogens with zero attached hydrogens (tertiary/aromatic N) is 2. The molecule has 0 aliphatic heterocycles. The summed E-state index contributed by atoms with van der Waals surface area (Å²) in [5.41, 5.74) is 7.73. The maximum Gasteiger partial charge on any atom is 0.262 e. The normalized spacial score (nSPS) is 12.7. The van der Waals surface area contributed by atoms with E-state index >= 15 is 0 Å². The molecule has 0 aliphatic carbocycles. The van der Waals surface area contributed by atoms with Crippen molar-refractivity contribution in [2.75, 3.05) is 0 Å². The van der Waals surface area contributed by atoms with Crippen LogP contribution in [-0.4, -0.2) is 9.97 Å². The van der Waals surface area contributed by atoms with Gasteiger partial charge in [0.1, 0.15) is 11.3 Å². The van der Waals surface area contributed by atoms with Crippen molar-refractivity contribution in [1.29, 1.82) is 0 Å². The third-order valence-corrected chi connectivity index (χ3v) is 2.87. The van der Waals surface area contributed by atoms with Crippen molar-refractivity contribution in [3.63, 3.8) is 0 Å². The third kappa shape index (κ3) is 2.62. The lowest BCUT2D eigenvalue weighted by molar-refractivity contribution is 0.454. The van der Waals surface area contributed by atoms with Crippen molar-refractivity contribution < 1.29 is 4.42 Å². The molecule has 2 heterocycles. The fourth-order valence-electron chi connectivity index (χ4n) is 1.23. The summed E-state index contributed by atoms with van der Waals surface area (Å²) in [7, 11) is 0. The zero-order valence-electron chi connectivity index (χ0n) is 9.18. The van der Waals surface area contributed by atoms with E-state index in [4.69, 9.17) is 10.2 Å². The molecule has 84 valence electrons. The van der Waals surface area contributed by atoms with E-state index in [9.17, 15) is 0 Å². The molecule has 16 heavy (non-hydrogen) atoms. The van der Waals surface area contributed by atoms with Crippen LogP contribution in [0.25, 0.3) is 0 Å². The first-order valence-corrected chi connectivity index (χ1v) is 5.78. The number of aryl methyl sites for hydroxylation is 1. The molecule has 0 bridgehead atoms. The van der Waals surface area contributed by atoms with Crippen molar-refractivity contribution in [1.82, 2.24) is 9.97 Å². The summed E-state index contributed by atoms with van der Waals surface area (Å²) < 4.78 is 5.25. The zero-order chi connectivity index (χ0) is 11.5. The van der Waals surface area contributed by atoms with E-state index in [0.29, 0.717) is 5.22 Å². The van der Waals surface area contributed by atoms with E-state index in [1.165, 1.54) is 11.8 Å². The van der Waals surface area contributed by atoms with Gasteiger partial charge in [-0.05, 0) is 43.3 Å². The molecule has 2 N–H and O–H groups in total. The molecule has 1 atom stereocenters. The Bertz CT molecular complexity index is 482. The minimum atomic E-state index is 0.00801. The van der Waals surface area contributed by atoms with Crippen LogP contribution in [0, 0.1) is 6.92 Å². The first-order valence-electron chi connectivity index (χ1n) is 4.96. The van der Waals surface area contributed by atoms with Gasteiger partial charge < -0.3 is 10.2 Å². The average molecular weight is 235 g/mol. The quantitative estimate of drug-likeness (QED) is 0.885. The third-order valence-electron chi connectivity index (χ3n) is 2.07. The van der Waals surface area contributed by atoms with E-state index in [1.807, 2.05) is 26.0 Å². The van der Waals surface area contributed by atoms with Gasteiger partial charge in [-0.25, -0.2) is 9.97 Å². The van der Waals surface area contributed by atoms with Crippen molar-refractivity contribution in [3.05, 3.63) is 35.9 Å². The topological polar surface area (TPSA) is 64.9 Å². The highest BCUT2D eigenvalue weighted by molar-refractivity contribution is 7.99. The molecule has 0 fully saturated rings. The summed E-state index contributed by atoms with van der Waals surface area (Å²) in [5.74, 6) is 0. The highest BCUT2D eigenvalue weighted by Gasteiger charge is 2.06. The smallest absolute Gasteiger partial charge is 0.262 e. The lowest BCUT2D eigenvalue weighted by Gasteiger charge is -2.05. The van der Waals surface area contributed by atoms with Crippen LogP contribution < -0.4 is 5.73 Å². The predicted molar refractivity (Wildman–Crippen MR) is 62.2 cm³/mol. The Morgan fingerprint density at radius 2 is 2.31 bits per heavy atom. The fourth-order valence-corrected chi connectivity index (χ4v) is 2.01. The summed E-state index contributed by atoms with van der Waals surface area (Å²) in [6, 6.07) is 3.87. The van der Waals surface area contributed by atoms with Gasteiger partial charge in [-0.3, -0.25) is 0 Å². The molecule has 2 aromatic heterocycles. The minimum absolute atomic E-state index is 0.00801. The van der Waals surface area contributed by atoms with Gasteiger partial charge in [-0.1, -0.05) is 0 Å². The van der Waals surface area contributed by atoms with Gasteiger partial charge in [-0.2, -0.15) is 0 Å². The monoisotopic (exact) mass is 235 g/mol. The van der Waals surface area contributed by atoms with Crippen LogP contribution in [0.4, 0.5) is 0 Å². The number of hydrogen-bond acceptors (Lipinski definition) is 5. The van der Waals surface area contributed by atoms with Gasteiger partial charge in [0, 0.05) is 12.2 Å². The number of rotatable bonds is 3. The molecule has 0 spiro atoms. The highest BCUT2D eigenvalue weighted by atomic mass is 32.2. The molecule has 2 aromatic rings. The van der Waals surface area contributed by atoms with Gasteiger partial charge >= 0.3 is 0 Å². The van der Waals surface area contributed by atoms with Crippen LogP contribution in [0.2, 0.25) is 0 Å². The number of nitrogens with two attached hydrogens (primary N) is 1. The van der Waals surface area contributed by atoms with Crippen molar-refractivity contribution in [2.45, 2.75) is 30.1 Å². The first kappa shape index (κ1) is 11.2. The van der Waals surface area contributed by atoms with Crippen LogP contribution in [0.3, 0.4) is 0 Å². The van der Waals surface area contributed by atoms with E-state index in [2.05, 4.69) is 9.97 Å². The Kier molecular flexibility index (Phi) is 3.26. The van der Waals surface area contributed by atoms with E-state index in [0.717, 1.165) is 16.3 Å². The first-order chi connectivity index (χ1) is 7.65. The molecular formula is C11H13N3OS. The van der Waals surface area contributed by atoms with Gasteiger partial charge in [0.15, 0.2) is 0 Å². The number of hydrogen-bond donors (Lipinski definition) is 1. The molecule has 0 saturated heterocycles. The lowest BCUT2D eigenvalue weighted by Crippen LogP contribution is -2.04. The zero-order valence-corrected chi connectivity index (χ0v) is 9.99. The SMILES string of the molecule is Cc1coc(Sc2cc(C(C)N)ccn2)n1. The molecule has 4 nitrogen and oxygen atoms in total. The molecule has 2 rings (SSSR count). The fraction of sp³-hybridized carbons (Fsp3) is 0.273. The maximum atomic E-state index is 5.80. The van der Waals surface area contributed by atoms with Gasteiger partial charge in [0.2, 0.25) is 0 Å². The predicted octanol–water partition coefficient (Wildman–Crippen LogP) is 2.55. The van der Waals surface area contributed by atoms with Gasteiger partial charge in [0.25, 0.3) is 5.22 Å². The van der Waals surface area contributed by atoms with E-state index in [1.54, 1.807) is 12.5 Å². The van der Waals surface area contributed by atoms with Crippen LogP contribution in [0.15, 0.2) is 39.3 Å².